The molecule has 0 saturated heterocycles. The Morgan fingerprint density at radius 2 is 2.15 bits per heavy atom. The molecule has 0 aromatic heterocycles. The van der Waals surface area contributed by atoms with E-state index in [4.69, 9.17) is 10.5 Å². The molecule has 1 aromatic carbocycles. The molecule has 8 heteroatoms. The topological polar surface area (TPSA) is 120 Å². The van der Waals surface area contributed by atoms with Crippen molar-refractivity contribution in [2.24, 2.45) is 5.73 Å². The quantitative estimate of drug-likeness (QED) is 0.341. The highest BCUT2D eigenvalue weighted by Crippen LogP contribution is 2.21. The second kappa shape index (κ2) is 8.08. The second-order valence-electron chi connectivity index (χ2n) is 4.02. The Kier molecular flexibility index (Phi) is 6.41. The lowest BCUT2D eigenvalue weighted by atomic mass is 10.1. The number of methoxy groups -OCH3 is 1. The van der Waals surface area contributed by atoms with E-state index in [9.17, 15) is 14.9 Å². The molecule has 20 heavy (non-hydrogen) atoms. The zero-order valence-corrected chi connectivity index (χ0v) is 11.2. The van der Waals surface area contributed by atoms with E-state index in [1.54, 1.807) is 7.11 Å². The van der Waals surface area contributed by atoms with Crippen LogP contribution in [0.2, 0.25) is 0 Å². The third-order valence-corrected chi connectivity index (χ3v) is 2.58. The summed E-state index contributed by atoms with van der Waals surface area (Å²) >= 11 is 0. The maximum Gasteiger partial charge on any atom is 0.270 e. The highest BCUT2D eigenvalue weighted by molar-refractivity contribution is 5.99. The molecule has 1 aromatic rings. The molecule has 0 aliphatic carbocycles. The molecule has 0 aliphatic heterocycles. The van der Waals surface area contributed by atoms with E-state index in [0.717, 1.165) is 6.54 Å². The summed E-state index contributed by atoms with van der Waals surface area (Å²) in [5, 5.41) is 16.8. The maximum atomic E-state index is 11.3. The third kappa shape index (κ3) is 4.82. The van der Waals surface area contributed by atoms with Gasteiger partial charge in [-0.05, 0) is 6.07 Å². The number of primary amides is 1. The van der Waals surface area contributed by atoms with Crippen molar-refractivity contribution in [2.75, 3.05) is 38.7 Å². The number of nitrogens with one attached hydrogen (secondary N) is 2. The zero-order chi connectivity index (χ0) is 15.0. The van der Waals surface area contributed by atoms with Crippen LogP contribution in [0.25, 0.3) is 0 Å². The predicted octanol–water partition coefficient (Wildman–Crippen LogP) is 0.342. The number of nitro benzene ring substituents is 1. The fourth-order valence-electron chi connectivity index (χ4n) is 1.59. The van der Waals surface area contributed by atoms with Gasteiger partial charge in [-0.2, -0.15) is 0 Å². The van der Waals surface area contributed by atoms with Crippen molar-refractivity contribution in [3.63, 3.8) is 0 Å². The van der Waals surface area contributed by atoms with Crippen molar-refractivity contribution in [1.82, 2.24) is 5.32 Å². The number of nitrogens with zero attached hydrogens (tertiary/aromatic N) is 1. The van der Waals surface area contributed by atoms with Crippen molar-refractivity contribution in [1.29, 1.82) is 0 Å². The molecule has 0 radical (unpaired) electrons. The van der Waals surface area contributed by atoms with Gasteiger partial charge in [-0.15, -0.1) is 0 Å². The van der Waals surface area contributed by atoms with Crippen LogP contribution in [0.1, 0.15) is 10.4 Å². The maximum absolute atomic E-state index is 11.3. The number of amides is 1. The first-order valence-electron chi connectivity index (χ1n) is 6.08. The van der Waals surface area contributed by atoms with Crippen LogP contribution in [-0.4, -0.2) is 44.2 Å². The van der Waals surface area contributed by atoms with E-state index in [1.807, 2.05) is 0 Å². The Balaban J connectivity index is 2.60. The van der Waals surface area contributed by atoms with Gasteiger partial charge >= 0.3 is 0 Å². The van der Waals surface area contributed by atoms with E-state index in [1.165, 1.54) is 18.2 Å². The fourth-order valence-corrected chi connectivity index (χ4v) is 1.59. The van der Waals surface area contributed by atoms with Crippen molar-refractivity contribution in [2.45, 2.75) is 0 Å². The molecule has 8 nitrogen and oxygen atoms in total. The summed E-state index contributed by atoms with van der Waals surface area (Å²) in [7, 11) is 1.62. The lowest BCUT2D eigenvalue weighted by Gasteiger charge is -2.10. The normalized spacial score (nSPS) is 10.2. The Bertz CT molecular complexity index is 479. The number of nitrogens with two attached hydrogens (primary N) is 1. The molecule has 0 spiro atoms. The van der Waals surface area contributed by atoms with Crippen molar-refractivity contribution >= 4 is 17.3 Å². The lowest BCUT2D eigenvalue weighted by molar-refractivity contribution is -0.384. The van der Waals surface area contributed by atoms with Gasteiger partial charge in [0.1, 0.15) is 0 Å². The van der Waals surface area contributed by atoms with E-state index >= 15 is 0 Å². The molecule has 0 bridgehead atoms. The van der Waals surface area contributed by atoms with E-state index in [-0.39, 0.29) is 11.3 Å². The number of carbonyl (C=O) groups excluding carboxylic acids is 1. The summed E-state index contributed by atoms with van der Waals surface area (Å²) in [5.74, 6) is -0.705. The van der Waals surface area contributed by atoms with Gasteiger partial charge in [0, 0.05) is 44.6 Å². The number of carbonyl (C=O) groups is 1. The highest BCUT2D eigenvalue weighted by Gasteiger charge is 2.14. The Morgan fingerprint density at radius 3 is 2.75 bits per heavy atom. The molecule has 0 fully saturated rings. The van der Waals surface area contributed by atoms with Crippen LogP contribution in [0.3, 0.4) is 0 Å². The number of rotatable bonds is 9. The monoisotopic (exact) mass is 282 g/mol. The Morgan fingerprint density at radius 1 is 1.40 bits per heavy atom. The highest BCUT2D eigenvalue weighted by atomic mass is 16.6. The van der Waals surface area contributed by atoms with Crippen LogP contribution in [0.15, 0.2) is 18.2 Å². The molecular formula is C12H18N4O4. The van der Waals surface area contributed by atoms with Gasteiger partial charge in [0.25, 0.3) is 11.6 Å². The summed E-state index contributed by atoms with van der Waals surface area (Å²) < 4.78 is 4.88. The van der Waals surface area contributed by atoms with Crippen LogP contribution < -0.4 is 16.4 Å². The van der Waals surface area contributed by atoms with Gasteiger partial charge in [-0.3, -0.25) is 14.9 Å². The number of anilines is 1. The largest absolute Gasteiger partial charge is 0.383 e. The van der Waals surface area contributed by atoms with Gasteiger partial charge in [-0.25, -0.2) is 0 Å². The molecule has 1 rings (SSSR count). The number of ether oxygens (including phenoxy) is 1. The van der Waals surface area contributed by atoms with E-state index in [2.05, 4.69) is 10.6 Å². The summed E-state index contributed by atoms with van der Waals surface area (Å²) in [5.41, 5.74) is 5.65. The average molecular weight is 282 g/mol. The molecule has 0 aliphatic rings. The second-order valence-corrected chi connectivity index (χ2v) is 4.02. The first-order chi connectivity index (χ1) is 9.56. The van der Waals surface area contributed by atoms with Crippen molar-refractivity contribution < 1.29 is 14.5 Å². The first kappa shape index (κ1) is 15.9. The first-order valence-corrected chi connectivity index (χ1v) is 6.08. The van der Waals surface area contributed by atoms with E-state index in [0.29, 0.717) is 25.4 Å². The van der Waals surface area contributed by atoms with Gasteiger partial charge in [0.15, 0.2) is 0 Å². The predicted molar refractivity (Wildman–Crippen MR) is 74.8 cm³/mol. The van der Waals surface area contributed by atoms with Crippen molar-refractivity contribution in [3.05, 3.63) is 33.9 Å². The number of nitro groups is 1. The van der Waals surface area contributed by atoms with Gasteiger partial charge < -0.3 is 21.1 Å². The van der Waals surface area contributed by atoms with Crippen LogP contribution in [0.4, 0.5) is 11.4 Å². The molecule has 0 unspecified atom stereocenters. The minimum Gasteiger partial charge on any atom is -0.383 e. The smallest absolute Gasteiger partial charge is 0.270 e. The number of benzene rings is 1. The average Bonchev–Trinajstić information content (AvgIpc) is 2.42. The zero-order valence-electron chi connectivity index (χ0n) is 11.2. The molecule has 0 atom stereocenters. The van der Waals surface area contributed by atoms with Gasteiger partial charge in [0.2, 0.25) is 0 Å². The molecule has 0 saturated carbocycles. The SMILES string of the molecule is COCCNCCNc1ccc([N+](=O)[O-])cc1C(N)=O. The van der Waals surface area contributed by atoms with Gasteiger partial charge in [0.05, 0.1) is 17.1 Å². The van der Waals surface area contributed by atoms with Gasteiger partial charge in [-0.1, -0.05) is 0 Å². The van der Waals surface area contributed by atoms with Crippen molar-refractivity contribution in [3.8, 4) is 0 Å². The molecular weight excluding hydrogens is 264 g/mol. The summed E-state index contributed by atoms with van der Waals surface area (Å²) in [6.45, 7) is 2.56. The Hall–Kier alpha value is -2.19. The van der Waals surface area contributed by atoms with E-state index < -0.39 is 10.8 Å². The summed E-state index contributed by atoms with van der Waals surface area (Å²) in [6.07, 6.45) is 0. The molecule has 0 heterocycles. The molecule has 110 valence electrons. The molecule has 1 amide bonds. The molecule has 4 N–H and O–H groups in total. The standard InChI is InChI=1S/C12H18N4O4/c1-20-7-6-14-4-5-15-11-3-2-9(16(18)19)8-10(11)12(13)17/h2-3,8,14-15H,4-7H2,1H3,(H2,13,17). The van der Waals surface area contributed by atoms with Crippen LogP contribution >= 0.6 is 0 Å². The summed E-state index contributed by atoms with van der Waals surface area (Å²) in [6, 6.07) is 3.98. The number of hydrogen-bond acceptors (Lipinski definition) is 6. The number of hydrogen-bond donors (Lipinski definition) is 3. The van der Waals surface area contributed by atoms with Crippen LogP contribution in [-0.2, 0) is 4.74 Å². The minimum absolute atomic E-state index is 0.107. The lowest BCUT2D eigenvalue weighted by Crippen LogP contribution is -2.26. The third-order valence-electron chi connectivity index (χ3n) is 2.58. The van der Waals surface area contributed by atoms with Crippen LogP contribution in [0, 0.1) is 10.1 Å². The number of non-ortho nitro benzene ring substituents is 1. The fraction of sp³-hybridized carbons (Fsp3) is 0.417. The van der Waals surface area contributed by atoms with Crippen LogP contribution in [0.5, 0.6) is 0 Å². The summed E-state index contributed by atoms with van der Waals surface area (Å²) in [4.78, 5) is 21.4. The Labute approximate surface area is 116 Å². The minimum atomic E-state index is -0.705.